The fraction of sp³-hybridized carbons (Fsp3) is 0.875. The van der Waals surface area contributed by atoms with Crippen molar-refractivity contribution in [3.8, 4) is 0 Å². The number of ether oxygens (including phenoxy) is 1. The fourth-order valence-electron chi connectivity index (χ4n) is 0.672. The number of hydrogen-bond acceptors (Lipinski definition) is 5. The van der Waals surface area contributed by atoms with Crippen molar-refractivity contribution < 1.29 is 24.9 Å². The number of hydrogen-bond donors (Lipinski definition) is 3. The standard InChI is InChI=1S/C8H16O5/c1-6(10)5-13-7(11)8(2,12)3-4-9/h6,9-10,12H,3-5H2,1-2H3. The molecule has 2 atom stereocenters. The van der Waals surface area contributed by atoms with Gasteiger partial charge in [0.2, 0.25) is 0 Å². The zero-order valence-electron chi connectivity index (χ0n) is 7.86. The molecular weight excluding hydrogens is 176 g/mol. The Morgan fingerprint density at radius 2 is 2.15 bits per heavy atom. The van der Waals surface area contributed by atoms with Crippen molar-refractivity contribution in [1.29, 1.82) is 0 Å². The summed E-state index contributed by atoms with van der Waals surface area (Å²) in [6, 6.07) is 0. The van der Waals surface area contributed by atoms with Gasteiger partial charge in [0.05, 0.1) is 6.10 Å². The van der Waals surface area contributed by atoms with Crippen LogP contribution in [0.2, 0.25) is 0 Å². The van der Waals surface area contributed by atoms with E-state index >= 15 is 0 Å². The minimum atomic E-state index is -1.68. The largest absolute Gasteiger partial charge is 0.461 e. The molecule has 5 nitrogen and oxygen atoms in total. The molecule has 3 N–H and O–H groups in total. The lowest BCUT2D eigenvalue weighted by atomic mass is 10.0. The summed E-state index contributed by atoms with van der Waals surface area (Å²) in [7, 11) is 0. The van der Waals surface area contributed by atoms with Crippen molar-refractivity contribution in [1.82, 2.24) is 0 Å². The van der Waals surface area contributed by atoms with E-state index in [4.69, 9.17) is 10.2 Å². The molecule has 13 heavy (non-hydrogen) atoms. The summed E-state index contributed by atoms with van der Waals surface area (Å²) in [5.41, 5.74) is -1.68. The van der Waals surface area contributed by atoms with Crippen LogP contribution in [0.4, 0.5) is 0 Å². The second-order valence-electron chi connectivity index (χ2n) is 3.19. The molecule has 0 radical (unpaired) electrons. The van der Waals surface area contributed by atoms with Gasteiger partial charge >= 0.3 is 5.97 Å². The van der Waals surface area contributed by atoms with Crippen LogP contribution in [-0.4, -0.2) is 46.2 Å². The highest BCUT2D eigenvalue weighted by Crippen LogP contribution is 2.10. The Hall–Kier alpha value is -0.650. The van der Waals surface area contributed by atoms with Gasteiger partial charge in [-0.25, -0.2) is 4.79 Å². The number of aliphatic hydroxyl groups excluding tert-OH is 2. The van der Waals surface area contributed by atoms with Gasteiger partial charge in [0.15, 0.2) is 5.60 Å². The summed E-state index contributed by atoms with van der Waals surface area (Å²) in [5.74, 6) is -0.831. The maximum absolute atomic E-state index is 11.1. The number of aliphatic hydroxyl groups is 3. The third-order valence-electron chi connectivity index (χ3n) is 1.49. The van der Waals surface area contributed by atoms with Gasteiger partial charge in [-0.2, -0.15) is 0 Å². The predicted molar refractivity (Wildman–Crippen MR) is 45.0 cm³/mol. The van der Waals surface area contributed by atoms with E-state index in [1.54, 1.807) is 0 Å². The molecule has 0 aliphatic rings. The molecule has 0 aromatic heterocycles. The molecule has 78 valence electrons. The number of carbonyl (C=O) groups is 1. The molecule has 5 heteroatoms. The van der Waals surface area contributed by atoms with Gasteiger partial charge in [0.25, 0.3) is 0 Å². The van der Waals surface area contributed by atoms with Crippen molar-refractivity contribution in [3.05, 3.63) is 0 Å². The van der Waals surface area contributed by atoms with Crippen molar-refractivity contribution in [2.75, 3.05) is 13.2 Å². The van der Waals surface area contributed by atoms with Crippen molar-refractivity contribution in [2.45, 2.75) is 32.0 Å². The molecule has 0 fully saturated rings. The predicted octanol–water partition coefficient (Wildman–Crippen LogP) is -0.956. The summed E-state index contributed by atoms with van der Waals surface area (Å²) in [6.07, 6.45) is -0.833. The van der Waals surface area contributed by atoms with E-state index < -0.39 is 17.7 Å². The topological polar surface area (TPSA) is 87.0 Å². The highest BCUT2D eigenvalue weighted by atomic mass is 16.6. The Balaban J connectivity index is 3.94. The van der Waals surface area contributed by atoms with Gasteiger partial charge in [0, 0.05) is 13.0 Å². The molecule has 0 bridgehead atoms. The van der Waals surface area contributed by atoms with Crippen LogP contribution in [-0.2, 0) is 9.53 Å². The van der Waals surface area contributed by atoms with E-state index in [2.05, 4.69) is 4.74 Å². The maximum atomic E-state index is 11.1. The Morgan fingerprint density at radius 1 is 1.62 bits per heavy atom. The van der Waals surface area contributed by atoms with Crippen LogP contribution in [0, 0.1) is 0 Å². The van der Waals surface area contributed by atoms with E-state index in [0.29, 0.717) is 0 Å². The van der Waals surface area contributed by atoms with Gasteiger partial charge in [-0.3, -0.25) is 0 Å². The summed E-state index contributed by atoms with van der Waals surface area (Å²) in [5, 5.41) is 26.7. The van der Waals surface area contributed by atoms with Crippen LogP contribution in [0.3, 0.4) is 0 Å². The lowest BCUT2D eigenvalue weighted by molar-refractivity contribution is -0.167. The maximum Gasteiger partial charge on any atom is 0.337 e. The minimum Gasteiger partial charge on any atom is -0.461 e. The smallest absolute Gasteiger partial charge is 0.337 e. The lowest BCUT2D eigenvalue weighted by Crippen LogP contribution is -2.38. The second-order valence-corrected chi connectivity index (χ2v) is 3.19. The van der Waals surface area contributed by atoms with Gasteiger partial charge in [-0.1, -0.05) is 0 Å². The van der Waals surface area contributed by atoms with E-state index in [0.717, 1.165) is 0 Å². The van der Waals surface area contributed by atoms with Crippen molar-refractivity contribution in [3.63, 3.8) is 0 Å². The van der Waals surface area contributed by atoms with Crippen LogP contribution in [0.25, 0.3) is 0 Å². The van der Waals surface area contributed by atoms with E-state index in [1.807, 2.05) is 0 Å². The van der Waals surface area contributed by atoms with Crippen LogP contribution >= 0.6 is 0 Å². The van der Waals surface area contributed by atoms with Gasteiger partial charge in [0.1, 0.15) is 6.61 Å². The van der Waals surface area contributed by atoms with Crippen LogP contribution in [0.5, 0.6) is 0 Å². The highest BCUT2D eigenvalue weighted by molar-refractivity contribution is 5.78. The fourth-order valence-corrected chi connectivity index (χ4v) is 0.672. The zero-order valence-corrected chi connectivity index (χ0v) is 7.86. The van der Waals surface area contributed by atoms with Gasteiger partial charge in [-0.15, -0.1) is 0 Å². The molecule has 0 amide bonds. The van der Waals surface area contributed by atoms with E-state index in [1.165, 1.54) is 13.8 Å². The minimum absolute atomic E-state index is 0.0777. The molecule has 0 saturated heterocycles. The molecule has 0 heterocycles. The Bertz CT molecular complexity index is 164. The molecule has 0 aliphatic carbocycles. The normalized spacial score (nSPS) is 17.6. The molecule has 0 aromatic carbocycles. The molecule has 0 spiro atoms. The first-order valence-corrected chi connectivity index (χ1v) is 4.08. The second kappa shape index (κ2) is 5.16. The van der Waals surface area contributed by atoms with Crippen molar-refractivity contribution in [2.24, 2.45) is 0 Å². The van der Waals surface area contributed by atoms with Crippen LogP contribution in [0.1, 0.15) is 20.3 Å². The number of rotatable bonds is 5. The molecular formula is C8H16O5. The molecule has 0 aliphatic heterocycles. The monoisotopic (exact) mass is 192 g/mol. The molecule has 0 aromatic rings. The quantitative estimate of drug-likeness (QED) is 0.488. The molecule has 2 unspecified atom stereocenters. The first-order valence-electron chi connectivity index (χ1n) is 4.08. The average Bonchev–Trinajstić information content (AvgIpc) is 1.99. The summed E-state index contributed by atoms with van der Waals surface area (Å²) in [6.45, 7) is 2.28. The number of esters is 1. The summed E-state index contributed by atoms with van der Waals surface area (Å²) >= 11 is 0. The summed E-state index contributed by atoms with van der Waals surface area (Å²) in [4.78, 5) is 11.1. The zero-order chi connectivity index (χ0) is 10.5. The lowest BCUT2D eigenvalue weighted by Gasteiger charge is -2.20. The first kappa shape index (κ1) is 12.3. The Kier molecular flexibility index (Phi) is 4.90. The molecule has 0 saturated carbocycles. The van der Waals surface area contributed by atoms with Gasteiger partial charge < -0.3 is 20.1 Å². The van der Waals surface area contributed by atoms with Crippen LogP contribution in [0.15, 0.2) is 0 Å². The van der Waals surface area contributed by atoms with Crippen LogP contribution < -0.4 is 0 Å². The first-order chi connectivity index (χ1) is 5.90. The third-order valence-corrected chi connectivity index (χ3v) is 1.49. The molecule has 0 rings (SSSR count). The number of carbonyl (C=O) groups excluding carboxylic acids is 1. The summed E-state index contributed by atoms with van der Waals surface area (Å²) < 4.78 is 4.57. The van der Waals surface area contributed by atoms with E-state index in [9.17, 15) is 9.90 Å². The third kappa shape index (κ3) is 4.82. The Labute approximate surface area is 77.0 Å². The average molecular weight is 192 g/mol. The van der Waals surface area contributed by atoms with Crippen molar-refractivity contribution >= 4 is 5.97 Å². The SMILES string of the molecule is CC(O)COC(=O)C(C)(O)CCO. The Morgan fingerprint density at radius 3 is 2.54 bits per heavy atom. The van der Waals surface area contributed by atoms with E-state index in [-0.39, 0.29) is 19.6 Å². The van der Waals surface area contributed by atoms with Gasteiger partial charge in [-0.05, 0) is 13.8 Å². The highest BCUT2D eigenvalue weighted by Gasteiger charge is 2.31.